The summed E-state index contributed by atoms with van der Waals surface area (Å²) in [6.07, 6.45) is 0. The number of rotatable bonds is 5. The molecule has 8 nitrogen and oxygen atoms in total. The Balaban J connectivity index is 1.70. The van der Waals surface area contributed by atoms with Crippen LogP contribution >= 0.6 is 22.7 Å². The second-order valence-electron chi connectivity index (χ2n) is 5.43. The maximum absolute atomic E-state index is 12.2. The monoisotopic (exact) mass is 377 g/mol. The zero-order valence-corrected chi connectivity index (χ0v) is 15.4. The van der Waals surface area contributed by atoms with E-state index in [1.165, 1.54) is 20.9 Å². The Morgan fingerprint density at radius 3 is 2.72 bits per heavy atom. The number of carbonyl (C=O) groups is 1. The summed E-state index contributed by atoms with van der Waals surface area (Å²) < 4.78 is 1.33. The van der Waals surface area contributed by atoms with Crippen LogP contribution in [-0.2, 0) is 11.3 Å². The van der Waals surface area contributed by atoms with Crippen LogP contribution in [0.15, 0.2) is 17.5 Å². The molecule has 0 aliphatic rings. The zero-order valence-electron chi connectivity index (χ0n) is 13.8. The summed E-state index contributed by atoms with van der Waals surface area (Å²) in [5.74, 6) is -0.330. The summed E-state index contributed by atoms with van der Waals surface area (Å²) in [6, 6.07) is 4.02. The molecule has 0 bridgehead atoms. The molecule has 0 radical (unpaired) electrons. The van der Waals surface area contributed by atoms with E-state index in [4.69, 9.17) is 0 Å². The zero-order chi connectivity index (χ0) is 18.1. The van der Waals surface area contributed by atoms with E-state index < -0.39 is 4.92 Å². The summed E-state index contributed by atoms with van der Waals surface area (Å²) in [6.45, 7) is 5.05. The number of anilines is 1. The highest BCUT2D eigenvalue weighted by Gasteiger charge is 2.23. The molecule has 10 heteroatoms. The van der Waals surface area contributed by atoms with Crippen LogP contribution in [0.25, 0.3) is 10.6 Å². The molecular weight excluding hydrogens is 362 g/mol. The molecule has 0 aliphatic carbocycles. The number of hydrogen-bond acceptors (Lipinski definition) is 7. The molecule has 1 N–H and O–H groups in total. The summed E-state index contributed by atoms with van der Waals surface area (Å²) in [4.78, 5) is 29.4. The molecule has 3 rings (SSSR count). The summed E-state index contributed by atoms with van der Waals surface area (Å²) in [5, 5.41) is 20.2. The second-order valence-corrected chi connectivity index (χ2v) is 7.58. The van der Waals surface area contributed by atoms with Gasteiger partial charge in [-0.15, -0.1) is 22.7 Å². The van der Waals surface area contributed by atoms with Crippen molar-refractivity contribution < 1.29 is 9.72 Å². The quantitative estimate of drug-likeness (QED) is 0.541. The molecule has 130 valence electrons. The van der Waals surface area contributed by atoms with Crippen molar-refractivity contribution in [2.45, 2.75) is 27.3 Å². The van der Waals surface area contributed by atoms with E-state index in [9.17, 15) is 14.9 Å². The van der Waals surface area contributed by atoms with Gasteiger partial charge in [0.05, 0.1) is 15.5 Å². The lowest BCUT2D eigenvalue weighted by atomic mass is 10.3. The number of nitrogens with zero attached hydrogens (tertiary/aromatic N) is 4. The Morgan fingerprint density at radius 1 is 1.36 bits per heavy atom. The van der Waals surface area contributed by atoms with Gasteiger partial charge in [0.1, 0.15) is 17.9 Å². The Morgan fingerprint density at radius 2 is 2.12 bits per heavy atom. The molecule has 0 fully saturated rings. The maximum atomic E-state index is 12.2. The van der Waals surface area contributed by atoms with Crippen molar-refractivity contribution in [3.8, 4) is 10.6 Å². The number of amides is 1. The normalized spacial score (nSPS) is 10.8. The number of thiazole rings is 1. The average Bonchev–Trinajstić information content (AvgIpc) is 3.20. The molecule has 0 aromatic carbocycles. The smallest absolute Gasteiger partial charge is 0.300 e. The molecule has 0 saturated heterocycles. The van der Waals surface area contributed by atoms with Gasteiger partial charge in [-0.25, -0.2) is 4.98 Å². The van der Waals surface area contributed by atoms with Crippen molar-refractivity contribution in [3.63, 3.8) is 0 Å². The first-order valence-electron chi connectivity index (χ1n) is 7.35. The molecule has 3 aromatic rings. The van der Waals surface area contributed by atoms with Crippen LogP contribution in [0.5, 0.6) is 0 Å². The number of hydrogen-bond donors (Lipinski definition) is 1. The predicted octanol–water partition coefficient (Wildman–Crippen LogP) is 3.54. The van der Waals surface area contributed by atoms with Crippen LogP contribution in [0.4, 0.5) is 10.8 Å². The molecule has 25 heavy (non-hydrogen) atoms. The minimum atomic E-state index is -0.484. The lowest BCUT2D eigenvalue weighted by Crippen LogP contribution is -2.20. The van der Waals surface area contributed by atoms with Crippen LogP contribution in [0.3, 0.4) is 0 Å². The fraction of sp³-hybridized carbons (Fsp3) is 0.267. The first-order chi connectivity index (χ1) is 11.8. The number of nitro groups is 1. The summed E-state index contributed by atoms with van der Waals surface area (Å²) in [5.41, 5.74) is 1.41. The highest BCUT2D eigenvalue weighted by atomic mass is 32.1. The minimum Gasteiger partial charge on any atom is -0.300 e. The van der Waals surface area contributed by atoms with Crippen molar-refractivity contribution in [1.82, 2.24) is 14.8 Å². The van der Waals surface area contributed by atoms with Gasteiger partial charge in [0.2, 0.25) is 5.91 Å². The average molecular weight is 377 g/mol. The standard InChI is InChI=1S/C15H15N5O3S2/c1-8-4-5-12(25-8)11-7-24-15(16-11)17-13(21)6-19-10(3)14(20(22)23)9(2)18-19/h4-5,7H,6H2,1-3H3,(H,16,17,21). The molecule has 0 saturated carbocycles. The Labute approximate surface area is 151 Å². The van der Waals surface area contributed by atoms with Gasteiger partial charge in [-0.1, -0.05) is 0 Å². The van der Waals surface area contributed by atoms with Crippen LogP contribution in [0.2, 0.25) is 0 Å². The maximum Gasteiger partial charge on any atom is 0.312 e. The minimum absolute atomic E-state index is 0.0580. The van der Waals surface area contributed by atoms with E-state index in [0.717, 1.165) is 10.6 Å². The predicted molar refractivity (Wildman–Crippen MR) is 97.1 cm³/mol. The fourth-order valence-corrected chi connectivity index (χ4v) is 4.05. The highest BCUT2D eigenvalue weighted by Crippen LogP contribution is 2.30. The van der Waals surface area contributed by atoms with Crippen LogP contribution in [0.1, 0.15) is 16.3 Å². The first-order valence-corrected chi connectivity index (χ1v) is 9.05. The van der Waals surface area contributed by atoms with Crippen molar-refractivity contribution in [2.24, 2.45) is 0 Å². The fourth-order valence-electron chi connectivity index (χ4n) is 2.42. The van der Waals surface area contributed by atoms with Crippen molar-refractivity contribution in [3.05, 3.63) is 43.9 Å². The summed E-state index contributed by atoms with van der Waals surface area (Å²) in [7, 11) is 0. The molecular formula is C15H15N5O3S2. The Kier molecular flexibility index (Phi) is 4.64. The van der Waals surface area contributed by atoms with E-state index in [0.29, 0.717) is 16.5 Å². The third kappa shape index (κ3) is 3.59. The van der Waals surface area contributed by atoms with E-state index in [-0.39, 0.29) is 18.1 Å². The number of carbonyl (C=O) groups excluding carboxylic acids is 1. The van der Waals surface area contributed by atoms with Gasteiger partial charge in [-0.05, 0) is 32.9 Å². The number of aryl methyl sites for hydroxylation is 2. The number of thiophene rings is 1. The van der Waals surface area contributed by atoms with Gasteiger partial charge in [0.15, 0.2) is 5.13 Å². The van der Waals surface area contributed by atoms with Gasteiger partial charge in [0, 0.05) is 10.3 Å². The third-order valence-corrected chi connectivity index (χ3v) is 5.34. The molecule has 0 unspecified atom stereocenters. The largest absolute Gasteiger partial charge is 0.312 e. The van der Waals surface area contributed by atoms with Crippen molar-refractivity contribution >= 4 is 39.4 Å². The molecule has 3 heterocycles. The SMILES string of the molecule is Cc1ccc(-c2csc(NC(=O)Cn3nc(C)c([N+](=O)[O-])c3C)n2)s1. The number of aromatic nitrogens is 3. The summed E-state index contributed by atoms with van der Waals surface area (Å²) >= 11 is 2.97. The van der Waals surface area contributed by atoms with Crippen LogP contribution < -0.4 is 5.32 Å². The van der Waals surface area contributed by atoms with Gasteiger partial charge < -0.3 is 5.32 Å². The van der Waals surface area contributed by atoms with Crippen molar-refractivity contribution in [1.29, 1.82) is 0 Å². The van der Waals surface area contributed by atoms with E-state index in [2.05, 4.69) is 15.4 Å². The number of nitrogens with one attached hydrogen (secondary N) is 1. The van der Waals surface area contributed by atoms with E-state index in [1.807, 2.05) is 24.4 Å². The first kappa shape index (κ1) is 17.2. The van der Waals surface area contributed by atoms with Crippen LogP contribution in [0, 0.1) is 30.9 Å². The molecule has 1 amide bonds. The van der Waals surface area contributed by atoms with Gasteiger partial charge in [-0.2, -0.15) is 5.10 Å². The van der Waals surface area contributed by atoms with Gasteiger partial charge >= 0.3 is 5.69 Å². The lowest BCUT2D eigenvalue weighted by Gasteiger charge is -2.03. The Bertz CT molecular complexity index is 956. The third-order valence-electron chi connectivity index (χ3n) is 3.56. The highest BCUT2D eigenvalue weighted by molar-refractivity contribution is 7.17. The van der Waals surface area contributed by atoms with Gasteiger partial charge in [0.25, 0.3) is 0 Å². The molecule has 0 aliphatic heterocycles. The van der Waals surface area contributed by atoms with Gasteiger partial charge in [-0.3, -0.25) is 19.6 Å². The second kappa shape index (κ2) is 6.73. The topological polar surface area (TPSA) is 103 Å². The lowest BCUT2D eigenvalue weighted by molar-refractivity contribution is -0.386. The Hall–Kier alpha value is -2.59. The van der Waals surface area contributed by atoms with Crippen LogP contribution in [-0.4, -0.2) is 25.6 Å². The van der Waals surface area contributed by atoms with Crippen molar-refractivity contribution in [2.75, 3.05) is 5.32 Å². The van der Waals surface area contributed by atoms with E-state index >= 15 is 0 Å². The van der Waals surface area contributed by atoms with E-state index in [1.54, 1.807) is 25.2 Å². The molecule has 3 aromatic heterocycles. The molecule has 0 atom stereocenters. The molecule has 0 spiro atoms.